The van der Waals surface area contributed by atoms with E-state index in [-0.39, 0.29) is 5.41 Å². The van der Waals surface area contributed by atoms with Crippen molar-refractivity contribution in [2.24, 2.45) is 0 Å². The minimum absolute atomic E-state index is 0.0520. The minimum Gasteiger partial charge on any atom is -0.298 e. The van der Waals surface area contributed by atoms with Gasteiger partial charge in [0.1, 0.15) is 0 Å². The van der Waals surface area contributed by atoms with Crippen LogP contribution in [0, 0.1) is 13.8 Å². The van der Waals surface area contributed by atoms with Crippen molar-refractivity contribution in [3.05, 3.63) is 40.6 Å². The van der Waals surface area contributed by atoms with Crippen molar-refractivity contribution in [3.8, 4) is 0 Å². The van der Waals surface area contributed by atoms with Crippen LogP contribution in [0.3, 0.4) is 0 Å². The van der Waals surface area contributed by atoms with Crippen molar-refractivity contribution >= 4 is 17.2 Å². The number of aromatic nitrogens is 1. The van der Waals surface area contributed by atoms with E-state index < -0.39 is 0 Å². The smallest absolute Gasteiger partial charge is 0.150 e. The molecule has 0 bridgehead atoms. The van der Waals surface area contributed by atoms with Crippen LogP contribution in [0.25, 0.3) is 10.9 Å². The SMILES string of the molecule is Cc1cc(C)c2c(C=O)cc(C(C)(C)C)nc2c1. The quantitative estimate of drug-likeness (QED) is 0.707. The molecule has 1 aromatic heterocycles. The first kappa shape index (κ1) is 12.7. The predicted octanol–water partition coefficient (Wildman–Crippen LogP) is 3.96. The van der Waals surface area contributed by atoms with Crippen LogP contribution in [-0.4, -0.2) is 11.3 Å². The molecule has 2 aromatic rings. The normalized spacial score (nSPS) is 11.8. The molecular formula is C16H19NO. The average molecular weight is 241 g/mol. The van der Waals surface area contributed by atoms with E-state index in [0.29, 0.717) is 0 Å². The van der Waals surface area contributed by atoms with E-state index in [9.17, 15) is 4.79 Å². The molecule has 0 unspecified atom stereocenters. The molecule has 0 radical (unpaired) electrons. The van der Waals surface area contributed by atoms with Crippen molar-refractivity contribution < 1.29 is 4.79 Å². The Morgan fingerprint density at radius 1 is 1.11 bits per heavy atom. The Balaban J connectivity index is 2.88. The molecule has 0 spiro atoms. The number of aryl methyl sites for hydroxylation is 2. The zero-order chi connectivity index (χ0) is 13.5. The van der Waals surface area contributed by atoms with Crippen molar-refractivity contribution in [1.29, 1.82) is 0 Å². The maximum Gasteiger partial charge on any atom is 0.150 e. The molecule has 0 amide bonds. The topological polar surface area (TPSA) is 30.0 Å². The Labute approximate surface area is 108 Å². The van der Waals surface area contributed by atoms with Crippen LogP contribution in [0.4, 0.5) is 0 Å². The Kier molecular flexibility index (Phi) is 2.97. The molecule has 2 nitrogen and oxygen atoms in total. The average Bonchev–Trinajstić information content (AvgIpc) is 2.25. The first-order valence-corrected chi connectivity index (χ1v) is 6.20. The third kappa shape index (κ3) is 2.15. The molecule has 0 saturated carbocycles. The molecule has 0 aliphatic rings. The lowest BCUT2D eigenvalue weighted by molar-refractivity contribution is 0.112. The number of carbonyl (C=O) groups excluding carboxylic acids is 1. The summed E-state index contributed by atoms with van der Waals surface area (Å²) in [5.74, 6) is 0. The molecule has 2 rings (SSSR count). The van der Waals surface area contributed by atoms with Crippen molar-refractivity contribution in [3.63, 3.8) is 0 Å². The van der Waals surface area contributed by atoms with Crippen LogP contribution >= 0.6 is 0 Å². The summed E-state index contributed by atoms with van der Waals surface area (Å²) in [6.45, 7) is 10.4. The highest BCUT2D eigenvalue weighted by Gasteiger charge is 2.18. The third-order valence-electron chi connectivity index (χ3n) is 3.18. The van der Waals surface area contributed by atoms with Gasteiger partial charge in [-0.1, -0.05) is 26.8 Å². The van der Waals surface area contributed by atoms with Gasteiger partial charge in [0, 0.05) is 22.1 Å². The minimum atomic E-state index is -0.0520. The highest BCUT2D eigenvalue weighted by molar-refractivity contribution is 5.98. The summed E-state index contributed by atoms with van der Waals surface area (Å²) in [7, 11) is 0. The second-order valence-corrected chi connectivity index (χ2v) is 5.94. The van der Waals surface area contributed by atoms with Gasteiger partial charge in [-0.25, -0.2) is 0 Å². The molecular weight excluding hydrogens is 222 g/mol. The van der Waals surface area contributed by atoms with Gasteiger partial charge < -0.3 is 0 Å². The van der Waals surface area contributed by atoms with Gasteiger partial charge in [-0.2, -0.15) is 0 Å². The van der Waals surface area contributed by atoms with E-state index in [1.165, 1.54) is 5.56 Å². The first-order chi connectivity index (χ1) is 8.32. The summed E-state index contributed by atoms with van der Waals surface area (Å²) in [5, 5.41) is 0.976. The summed E-state index contributed by atoms with van der Waals surface area (Å²) >= 11 is 0. The number of fused-ring (bicyclic) bond motifs is 1. The summed E-state index contributed by atoms with van der Waals surface area (Å²) in [4.78, 5) is 16.0. The monoisotopic (exact) mass is 241 g/mol. The van der Waals surface area contributed by atoms with Crippen LogP contribution in [0.15, 0.2) is 18.2 Å². The fourth-order valence-corrected chi connectivity index (χ4v) is 2.27. The molecule has 2 heteroatoms. The van der Waals surface area contributed by atoms with Gasteiger partial charge in [0.2, 0.25) is 0 Å². The Morgan fingerprint density at radius 3 is 2.33 bits per heavy atom. The molecule has 0 aliphatic carbocycles. The van der Waals surface area contributed by atoms with E-state index in [2.05, 4.69) is 33.8 Å². The third-order valence-corrected chi connectivity index (χ3v) is 3.18. The van der Waals surface area contributed by atoms with Crippen molar-refractivity contribution in [2.45, 2.75) is 40.0 Å². The molecule has 0 saturated heterocycles. The molecule has 0 fully saturated rings. The predicted molar refractivity (Wildman–Crippen MR) is 75.3 cm³/mol. The standard InChI is InChI=1S/C16H19NO/c1-10-6-11(2)15-12(9-18)8-14(16(3,4)5)17-13(15)7-10/h6-9H,1-5H3. The van der Waals surface area contributed by atoms with Gasteiger partial charge in [-0.05, 0) is 37.1 Å². The van der Waals surface area contributed by atoms with Gasteiger partial charge >= 0.3 is 0 Å². The van der Waals surface area contributed by atoms with Crippen LogP contribution in [0.1, 0.15) is 48.0 Å². The molecule has 0 atom stereocenters. The van der Waals surface area contributed by atoms with Crippen molar-refractivity contribution in [1.82, 2.24) is 4.98 Å². The van der Waals surface area contributed by atoms with Gasteiger partial charge in [-0.15, -0.1) is 0 Å². The number of nitrogens with zero attached hydrogens (tertiary/aromatic N) is 1. The molecule has 18 heavy (non-hydrogen) atoms. The lowest BCUT2D eigenvalue weighted by atomic mass is 9.89. The molecule has 0 aliphatic heterocycles. The fraction of sp³-hybridized carbons (Fsp3) is 0.375. The molecule has 0 N–H and O–H groups in total. The maximum atomic E-state index is 11.3. The summed E-state index contributed by atoms with van der Waals surface area (Å²) in [5.41, 5.74) is 4.85. The highest BCUT2D eigenvalue weighted by Crippen LogP contribution is 2.28. The number of carbonyl (C=O) groups is 1. The number of benzene rings is 1. The van der Waals surface area contributed by atoms with E-state index in [4.69, 9.17) is 4.98 Å². The number of hydrogen-bond acceptors (Lipinski definition) is 2. The Hall–Kier alpha value is -1.70. The zero-order valence-corrected chi connectivity index (χ0v) is 11.7. The number of rotatable bonds is 1. The fourth-order valence-electron chi connectivity index (χ4n) is 2.27. The van der Waals surface area contributed by atoms with E-state index in [1.54, 1.807) is 0 Å². The van der Waals surface area contributed by atoms with Crippen molar-refractivity contribution in [2.75, 3.05) is 0 Å². The van der Waals surface area contributed by atoms with Crippen LogP contribution in [0.2, 0.25) is 0 Å². The number of hydrogen-bond donors (Lipinski definition) is 0. The molecule has 94 valence electrons. The van der Waals surface area contributed by atoms with Gasteiger partial charge in [0.15, 0.2) is 6.29 Å². The molecule has 1 heterocycles. The Bertz CT molecular complexity index is 621. The second kappa shape index (κ2) is 4.20. The Morgan fingerprint density at radius 2 is 1.78 bits per heavy atom. The van der Waals surface area contributed by atoms with E-state index >= 15 is 0 Å². The number of aldehydes is 1. The maximum absolute atomic E-state index is 11.3. The van der Waals surface area contributed by atoms with Gasteiger partial charge in [0.25, 0.3) is 0 Å². The zero-order valence-electron chi connectivity index (χ0n) is 11.7. The first-order valence-electron chi connectivity index (χ1n) is 6.20. The summed E-state index contributed by atoms with van der Waals surface area (Å²) < 4.78 is 0. The lowest BCUT2D eigenvalue weighted by Crippen LogP contribution is -2.14. The second-order valence-electron chi connectivity index (χ2n) is 5.94. The van der Waals surface area contributed by atoms with Crippen LogP contribution in [0.5, 0.6) is 0 Å². The largest absolute Gasteiger partial charge is 0.298 e. The van der Waals surface area contributed by atoms with E-state index in [1.807, 2.05) is 19.1 Å². The summed E-state index contributed by atoms with van der Waals surface area (Å²) in [6.07, 6.45) is 0.932. The summed E-state index contributed by atoms with van der Waals surface area (Å²) in [6, 6.07) is 6.05. The van der Waals surface area contributed by atoms with E-state index in [0.717, 1.165) is 34.0 Å². The van der Waals surface area contributed by atoms with Gasteiger partial charge in [-0.3, -0.25) is 9.78 Å². The van der Waals surface area contributed by atoms with Crippen LogP contribution in [-0.2, 0) is 5.41 Å². The number of pyridine rings is 1. The van der Waals surface area contributed by atoms with Gasteiger partial charge in [0.05, 0.1) is 5.52 Å². The highest BCUT2D eigenvalue weighted by atomic mass is 16.1. The van der Waals surface area contributed by atoms with Crippen LogP contribution < -0.4 is 0 Å². The lowest BCUT2D eigenvalue weighted by Gasteiger charge is -2.19. The molecule has 1 aromatic carbocycles.